The molecular formula is C9H17NO4S. The number of carboxylic acids is 1. The third kappa shape index (κ3) is 11.0. The van der Waals surface area contributed by atoms with Crippen LogP contribution in [0.2, 0.25) is 0 Å². The monoisotopic (exact) mass is 235 g/mol. The highest BCUT2D eigenvalue weighted by atomic mass is 32.2. The van der Waals surface area contributed by atoms with E-state index in [1.54, 1.807) is 6.92 Å². The minimum Gasteiger partial charge on any atom is -0.478 e. The third-order valence-corrected chi connectivity index (χ3v) is 2.67. The first-order chi connectivity index (χ1) is 6.81. The zero-order valence-electron chi connectivity index (χ0n) is 8.99. The Morgan fingerprint density at radius 3 is 2.53 bits per heavy atom. The van der Waals surface area contributed by atoms with E-state index in [2.05, 4.69) is 5.32 Å². The van der Waals surface area contributed by atoms with Gasteiger partial charge in [-0.15, -0.1) is 0 Å². The van der Waals surface area contributed by atoms with E-state index >= 15 is 0 Å². The van der Waals surface area contributed by atoms with Gasteiger partial charge < -0.3 is 10.4 Å². The molecule has 0 aromatic heterocycles. The topological polar surface area (TPSA) is 83.5 Å². The molecule has 5 nitrogen and oxygen atoms in total. The lowest BCUT2D eigenvalue weighted by atomic mass is 10.3. The lowest BCUT2D eigenvalue weighted by Gasteiger charge is -2.03. The molecule has 0 spiro atoms. The molecule has 0 unspecified atom stereocenters. The summed E-state index contributed by atoms with van der Waals surface area (Å²) in [5.41, 5.74) is 0.710. The number of carboxylic acid groups (broad SMARTS) is 1. The Bertz CT molecular complexity index is 332. The van der Waals surface area contributed by atoms with Gasteiger partial charge in [0.1, 0.15) is 9.84 Å². The van der Waals surface area contributed by atoms with Crippen LogP contribution in [0.4, 0.5) is 0 Å². The summed E-state index contributed by atoms with van der Waals surface area (Å²) in [6, 6.07) is 0. The van der Waals surface area contributed by atoms with Crippen LogP contribution in [0.1, 0.15) is 13.3 Å². The van der Waals surface area contributed by atoms with Crippen LogP contribution in [0.5, 0.6) is 0 Å². The summed E-state index contributed by atoms with van der Waals surface area (Å²) < 4.78 is 21.5. The molecule has 15 heavy (non-hydrogen) atoms. The molecule has 2 N–H and O–H groups in total. The van der Waals surface area contributed by atoms with Gasteiger partial charge in [0.15, 0.2) is 0 Å². The standard InChI is InChI=1S/C9H17NO4S/c1-8(6-9(11)12)7-10-4-3-5-15(2,13)14/h6,10H,3-5,7H2,1-2H3,(H,11,12). The summed E-state index contributed by atoms with van der Waals surface area (Å²) in [5.74, 6) is -0.813. The highest BCUT2D eigenvalue weighted by molar-refractivity contribution is 7.90. The number of rotatable bonds is 7. The molecule has 0 heterocycles. The van der Waals surface area contributed by atoms with Gasteiger partial charge in [0, 0.05) is 18.9 Å². The van der Waals surface area contributed by atoms with Gasteiger partial charge in [-0.25, -0.2) is 13.2 Å². The Morgan fingerprint density at radius 1 is 1.47 bits per heavy atom. The van der Waals surface area contributed by atoms with E-state index in [-0.39, 0.29) is 5.75 Å². The van der Waals surface area contributed by atoms with Crippen molar-refractivity contribution in [1.29, 1.82) is 0 Å². The molecule has 0 rings (SSSR count). The molecule has 0 aliphatic carbocycles. The van der Waals surface area contributed by atoms with Crippen LogP contribution in [0, 0.1) is 0 Å². The third-order valence-electron chi connectivity index (χ3n) is 1.64. The molecular weight excluding hydrogens is 218 g/mol. The van der Waals surface area contributed by atoms with Crippen molar-refractivity contribution < 1.29 is 18.3 Å². The van der Waals surface area contributed by atoms with Crippen molar-refractivity contribution in [3.05, 3.63) is 11.6 Å². The van der Waals surface area contributed by atoms with Crippen molar-refractivity contribution in [3.63, 3.8) is 0 Å². The van der Waals surface area contributed by atoms with Crippen LogP contribution in [0.15, 0.2) is 11.6 Å². The van der Waals surface area contributed by atoms with E-state index in [1.165, 1.54) is 6.26 Å². The predicted octanol–water partition coefficient (Wildman–Crippen LogP) is 0.0416. The first-order valence-electron chi connectivity index (χ1n) is 4.60. The van der Waals surface area contributed by atoms with Gasteiger partial charge in [-0.05, 0) is 19.9 Å². The summed E-state index contributed by atoms with van der Waals surface area (Å²) in [7, 11) is -2.89. The lowest BCUT2D eigenvalue weighted by molar-refractivity contribution is -0.131. The fraction of sp³-hybridized carbons (Fsp3) is 0.667. The maximum Gasteiger partial charge on any atom is 0.328 e. The van der Waals surface area contributed by atoms with E-state index in [1.807, 2.05) is 0 Å². The Hall–Kier alpha value is -0.880. The summed E-state index contributed by atoms with van der Waals surface area (Å²) in [4.78, 5) is 10.2. The van der Waals surface area contributed by atoms with Gasteiger partial charge in [-0.2, -0.15) is 0 Å². The van der Waals surface area contributed by atoms with Gasteiger partial charge in [-0.1, -0.05) is 5.57 Å². The van der Waals surface area contributed by atoms with E-state index < -0.39 is 15.8 Å². The maximum absolute atomic E-state index is 10.8. The van der Waals surface area contributed by atoms with Crippen LogP contribution in [-0.2, 0) is 14.6 Å². The SMILES string of the molecule is CC(=CC(=O)O)CNCCCS(C)(=O)=O. The number of hydrogen-bond acceptors (Lipinski definition) is 4. The van der Waals surface area contributed by atoms with Gasteiger partial charge >= 0.3 is 5.97 Å². The van der Waals surface area contributed by atoms with Gasteiger partial charge in [-0.3, -0.25) is 0 Å². The van der Waals surface area contributed by atoms with Crippen LogP contribution in [0.3, 0.4) is 0 Å². The first-order valence-corrected chi connectivity index (χ1v) is 6.66. The number of hydrogen-bond donors (Lipinski definition) is 2. The van der Waals surface area contributed by atoms with Crippen molar-refractivity contribution in [1.82, 2.24) is 5.32 Å². The highest BCUT2D eigenvalue weighted by Crippen LogP contribution is 1.91. The van der Waals surface area contributed by atoms with Gasteiger partial charge in [0.05, 0.1) is 5.75 Å². The molecule has 0 saturated heterocycles. The molecule has 0 aromatic carbocycles. The fourth-order valence-electron chi connectivity index (χ4n) is 1.01. The quantitative estimate of drug-likeness (QED) is 0.481. The average Bonchev–Trinajstić information content (AvgIpc) is 1.99. The number of carbonyl (C=O) groups is 1. The molecule has 0 atom stereocenters. The predicted molar refractivity (Wildman–Crippen MR) is 58.6 cm³/mol. The van der Waals surface area contributed by atoms with Crippen molar-refractivity contribution in [2.45, 2.75) is 13.3 Å². The molecule has 0 radical (unpaired) electrons. The van der Waals surface area contributed by atoms with Crippen LogP contribution >= 0.6 is 0 Å². The largest absolute Gasteiger partial charge is 0.478 e. The molecule has 0 saturated carbocycles. The van der Waals surface area contributed by atoms with Crippen molar-refractivity contribution >= 4 is 15.8 Å². The zero-order valence-corrected chi connectivity index (χ0v) is 9.80. The Kier molecular flexibility index (Phi) is 6.19. The number of nitrogens with one attached hydrogen (secondary N) is 1. The second-order valence-electron chi connectivity index (χ2n) is 3.49. The molecule has 0 fully saturated rings. The van der Waals surface area contributed by atoms with Crippen molar-refractivity contribution in [2.24, 2.45) is 0 Å². The van der Waals surface area contributed by atoms with E-state index in [0.717, 1.165) is 6.08 Å². The summed E-state index contributed by atoms with van der Waals surface area (Å²) in [5, 5.41) is 11.4. The Balaban J connectivity index is 3.60. The molecule has 88 valence electrons. The van der Waals surface area contributed by atoms with Crippen LogP contribution in [0.25, 0.3) is 0 Å². The smallest absolute Gasteiger partial charge is 0.328 e. The second kappa shape index (κ2) is 6.58. The minimum absolute atomic E-state index is 0.154. The molecule has 0 aliphatic heterocycles. The summed E-state index contributed by atoms with van der Waals surface area (Å²) in [6.07, 6.45) is 2.87. The molecule has 0 bridgehead atoms. The average molecular weight is 235 g/mol. The van der Waals surface area contributed by atoms with Crippen LogP contribution in [-0.4, -0.2) is 44.6 Å². The van der Waals surface area contributed by atoms with E-state index in [4.69, 9.17) is 5.11 Å². The molecule has 6 heteroatoms. The molecule has 0 aliphatic rings. The number of aliphatic carboxylic acids is 1. The van der Waals surface area contributed by atoms with Gasteiger partial charge in [0.25, 0.3) is 0 Å². The zero-order chi connectivity index (χ0) is 11.9. The second-order valence-corrected chi connectivity index (χ2v) is 5.75. The first kappa shape index (κ1) is 14.1. The van der Waals surface area contributed by atoms with Gasteiger partial charge in [0.2, 0.25) is 0 Å². The maximum atomic E-state index is 10.8. The van der Waals surface area contributed by atoms with Crippen molar-refractivity contribution in [2.75, 3.05) is 25.1 Å². The fourth-order valence-corrected chi connectivity index (χ4v) is 1.68. The summed E-state index contributed by atoms with van der Waals surface area (Å²) >= 11 is 0. The Morgan fingerprint density at radius 2 is 2.07 bits per heavy atom. The van der Waals surface area contributed by atoms with Crippen molar-refractivity contribution in [3.8, 4) is 0 Å². The lowest BCUT2D eigenvalue weighted by Crippen LogP contribution is -2.20. The summed E-state index contributed by atoms with van der Waals surface area (Å²) in [6.45, 7) is 2.74. The highest BCUT2D eigenvalue weighted by Gasteiger charge is 2.00. The normalized spacial score (nSPS) is 12.8. The minimum atomic E-state index is -2.89. The number of sulfone groups is 1. The molecule has 0 aromatic rings. The molecule has 0 amide bonds. The van der Waals surface area contributed by atoms with E-state index in [9.17, 15) is 13.2 Å². The van der Waals surface area contributed by atoms with E-state index in [0.29, 0.717) is 25.1 Å². The Labute approximate surface area is 90.1 Å². The van der Waals surface area contributed by atoms with Crippen LogP contribution < -0.4 is 5.32 Å².